The van der Waals surface area contributed by atoms with Crippen molar-refractivity contribution in [3.05, 3.63) is 106 Å². The summed E-state index contributed by atoms with van der Waals surface area (Å²) in [6.07, 6.45) is 7.14. The number of rotatable bonds is 8. The van der Waals surface area contributed by atoms with Crippen LogP contribution >= 0.6 is 33.9 Å². The van der Waals surface area contributed by atoms with Crippen molar-refractivity contribution in [1.82, 2.24) is 4.57 Å². The van der Waals surface area contributed by atoms with E-state index >= 15 is 0 Å². The molecule has 3 heterocycles. The molecule has 44 heavy (non-hydrogen) atoms. The number of terminal acetylenes is 1. The summed E-state index contributed by atoms with van der Waals surface area (Å²) in [5.41, 5.74) is 2.47. The van der Waals surface area contributed by atoms with Gasteiger partial charge in [0.2, 0.25) is 6.79 Å². The van der Waals surface area contributed by atoms with Crippen molar-refractivity contribution >= 4 is 51.7 Å². The number of hydrogen-bond acceptors (Lipinski definition) is 9. The van der Waals surface area contributed by atoms with Crippen molar-refractivity contribution in [2.45, 2.75) is 13.0 Å². The molecule has 6 rings (SSSR count). The number of halogens is 1. The summed E-state index contributed by atoms with van der Waals surface area (Å²) in [6.45, 7) is 2.08. The lowest BCUT2D eigenvalue weighted by Gasteiger charge is -2.26. The van der Waals surface area contributed by atoms with Gasteiger partial charge in [0.15, 0.2) is 27.8 Å². The Morgan fingerprint density at radius 3 is 2.73 bits per heavy atom. The highest BCUT2D eigenvalue weighted by atomic mass is 127. The van der Waals surface area contributed by atoms with Gasteiger partial charge in [-0.15, -0.1) is 6.42 Å². The molecule has 222 valence electrons. The van der Waals surface area contributed by atoms with Gasteiger partial charge in [-0.3, -0.25) is 9.36 Å². The highest BCUT2D eigenvalue weighted by Crippen LogP contribution is 2.40. The summed E-state index contributed by atoms with van der Waals surface area (Å²) >= 11 is 3.37. The van der Waals surface area contributed by atoms with E-state index in [1.807, 2.05) is 42.5 Å². The fourth-order valence-electron chi connectivity index (χ4n) is 5.07. The van der Waals surface area contributed by atoms with E-state index in [1.165, 1.54) is 11.3 Å². The van der Waals surface area contributed by atoms with E-state index in [2.05, 4.69) is 28.5 Å². The molecule has 1 atom stereocenters. The molecule has 0 saturated carbocycles. The predicted octanol–water partition coefficient (Wildman–Crippen LogP) is 4.29. The number of nitrogens with zero attached hydrogens (tertiary/aromatic N) is 2. The van der Waals surface area contributed by atoms with E-state index in [1.54, 1.807) is 42.9 Å². The van der Waals surface area contributed by atoms with Gasteiger partial charge in [-0.05, 0) is 71.0 Å². The van der Waals surface area contributed by atoms with Crippen LogP contribution < -0.4 is 33.8 Å². The minimum atomic E-state index is -0.841. The number of carbonyl (C=O) groups is 1. The molecule has 3 aromatic carbocycles. The Morgan fingerprint density at radius 1 is 1.18 bits per heavy atom. The molecule has 0 saturated heterocycles. The zero-order valence-electron chi connectivity index (χ0n) is 23.7. The maximum atomic E-state index is 14.2. The molecule has 0 radical (unpaired) electrons. The summed E-state index contributed by atoms with van der Waals surface area (Å²) in [5, 5.41) is 0. The highest BCUT2D eigenvalue weighted by Gasteiger charge is 2.36. The van der Waals surface area contributed by atoms with Crippen LogP contribution in [0.3, 0.4) is 0 Å². The Kier molecular flexibility index (Phi) is 8.45. The molecule has 0 fully saturated rings. The molecule has 1 aromatic heterocycles. The molecule has 9 nitrogen and oxygen atoms in total. The third-order valence-electron chi connectivity index (χ3n) is 6.94. The van der Waals surface area contributed by atoms with Crippen LogP contribution in [-0.4, -0.2) is 37.7 Å². The van der Waals surface area contributed by atoms with Crippen molar-refractivity contribution in [2.75, 3.05) is 27.1 Å². The molecule has 0 N–H and O–H groups in total. The number of carbonyl (C=O) groups excluding carboxylic acids is 1. The van der Waals surface area contributed by atoms with Crippen molar-refractivity contribution < 1.29 is 28.5 Å². The van der Waals surface area contributed by atoms with Crippen LogP contribution in [-0.2, 0) is 9.53 Å². The van der Waals surface area contributed by atoms with E-state index in [9.17, 15) is 9.59 Å². The maximum Gasteiger partial charge on any atom is 0.338 e. The van der Waals surface area contributed by atoms with Crippen molar-refractivity contribution in [1.29, 1.82) is 0 Å². The zero-order valence-corrected chi connectivity index (χ0v) is 26.6. The summed E-state index contributed by atoms with van der Waals surface area (Å²) in [7, 11) is 1.54. The van der Waals surface area contributed by atoms with Gasteiger partial charge in [0.25, 0.3) is 5.56 Å². The van der Waals surface area contributed by atoms with Gasteiger partial charge in [-0.25, -0.2) is 9.79 Å². The largest absolute Gasteiger partial charge is 0.493 e. The lowest BCUT2D eigenvalue weighted by atomic mass is 9.93. The topological polar surface area (TPSA) is 97.6 Å². The number of benzene rings is 3. The van der Waals surface area contributed by atoms with Crippen LogP contribution in [0.1, 0.15) is 29.7 Å². The number of hydrogen-bond donors (Lipinski definition) is 0. The minimum Gasteiger partial charge on any atom is -0.493 e. The molecule has 2 aliphatic heterocycles. The van der Waals surface area contributed by atoms with Crippen LogP contribution in [0.4, 0.5) is 0 Å². The zero-order chi connectivity index (χ0) is 30.8. The quantitative estimate of drug-likeness (QED) is 0.152. The number of methoxy groups -OCH3 is 1. The summed E-state index contributed by atoms with van der Waals surface area (Å²) in [6, 6.07) is 17.6. The van der Waals surface area contributed by atoms with Gasteiger partial charge < -0.3 is 23.7 Å². The normalized spacial score (nSPS) is 15.3. The second-order valence-electron chi connectivity index (χ2n) is 9.57. The third kappa shape index (κ3) is 5.46. The van der Waals surface area contributed by atoms with Gasteiger partial charge in [-0.2, -0.15) is 0 Å². The number of fused-ring (bicyclic) bond motifs is 2. The van der Waals surface area contributed by atoms with Crippen LogP contribution in [0.5, 0.6) is 23.0 Å². The molecule has 0 spiro atoms. The lowest BCUT2D eigenvalue weighted by molar-refractivity contribution is -0.138. The maximum absolute atomic E-state index is 14.2. The Balaban J connectivity index is 1.59. The Bertz CT molecular complexity index is 2030. The smallest absolute Gasteiger partial charge is 0.338 e. The van der Waals surface area contributed by atoms with Gasteiger partial charge >= 0.3 is 5.97 Å². The fourth-order valence-corrected chi connectivity index (χ4v) is 6.85. The third-order valence-corrected chi connectivity index (χ3v) is 8.72. The fraction of sp³-hybridized carbons (Fsp3) is 0.182. The van der Waals surface area contributed by atoms with Crippen molar-refractivity contribution in [2.24, 2.45) is 4.99 Å². The Labute approximate surface area is 270 Å². The average Bonchev–Trinajstić information content (AvgIpc) is 3.63. The second kappa shape index (κ2) is 12.6. The molecule has 2 aliphatic rings. The van der Waals surface area contributed by atoms with Gasteiger partial charge in [-0.1, -0.05) is 53.7 Å². The average molecular weight is 721 g/mol. The van der Waals surface area contributed by atoms with E-state index < -0.39 is 12.0 Å². The lowest BCUT2D eigenvalue weighted by Crippen LogP contribution is -2.40. The van der Waals surface area contributed by atoms with Crippen LogP contribution in [0.25, 0.3) is 11.8 Å². The van der Waals surface area contributed by atoms with E-state index in [0.29, 0.717) is 43.6 Å². The van der Waals surface area contributed by atoms with Gasteiger partial charge in [0.05, 0.1) is 39.1 Å². The molecule has 0 bridgehead atoms. The van der Waals surface area contributed by atoms with Crippen LogP contribution in [0, 0.1) is 15.9 Å². The number of esters is 1. The van der Waals surface area contributed by atoms with Gasteiger partial charge in [0.1, 0.15) is 6.61 Å². The first-order valence-corrected chi connectivity index (χ1v) is 15.4. The number of ether oxygens (including phenoxy) is 5. The van der Waals surface area contributed by atoms with E-state index in [0.717, 1.165) is 14.7 Å². The van der Waals surface area contributed by atoms with Crippen LogP contribution in [0.2, 0.25) is 0 Å². The van der Waals surface area contributed by atoms with Gasteiger partial charge in [0, 0.05) is 5.56 Å². The molecule has 4 aromatic rings. The second-order valence-corrected chi connectivity index (χ2v) is 11.7. The van der Waals surface area contributed by atoms with E-state index in [-0.39, 0.29) is 31.1 Å². The Hall–Kier alpha value is -4.54. The van der Waals surface area contributed by atoms with Crippen LogP contribution in [0.15, 0.2) is 76.0 Å². The van der Waals surface area contributed by atoms with E-state index in [4.69, 9.17) is 35.1 Å². The minimum absolute atomic E-state index is 0.0895. The summed E-state index contributed by atoms with van der Waals surface area (Å²) in [4.78, 5) is 33.2. The highest BCUT2D eigenvalue weighted by molar-refractivity contribution is 14.1. The standard InChI is InChI=1S/C33H25IN2O7S/c1-4-13-41-30-22(34)14-19(15-25(30)39-3)16-26-31(37)36-29(21-11-12-23-24(17-21)43-18-42-23)27(32(38)40-5-2)28(35-33(36)44-26)20-9-7-6-8-10-20/h1,6-12,14-17,29H,5,13,18H2,2-3H3/b26-16-/t29-/m1/s1. The van der Waals surface area contributed by atoms with Crippen molar-refractivity contribution in [3.63, 3.8) is 0 Å². The molecule has 0 aliphatic carbocycles. The number of thiazole rings is 1. The molecular weight excluding hydrogens is 695 g/mol. The first-order chi connectivity index (χ1) is 21.4. The monoisotopic (exact) mass is 720 g/mol. The molecular formula is C33H25IN2O7S. The molecule has 0 amide bonds. The predicted molar refractivity (Wildman–Crippen MR) is 174 cm³/mol. The first-order valence-electron chi connectivity index (χ1n) is 13.5. The first kappa shape index (κ1) is 29.5. The Morgan fingerprint density at radius 2 is 1.98 bits per heavy atom. The molecule has 11 heteroatoms. The van der Waals surface area contributed by atoms with Crippen molar-refractivity contribution in [3.8, 4) is 35.3 Å². The number of aromatic nitrogens is 1. The summed E-state index contributed by atoms with van der Waals surface area (Å²) < 4.78 is 30.7. The molecule has 0 unspecified atom stereocenters. The summed E-state index contributed by atoms with van der Waals surface area (Å²) in [5.74, 6) is 4.02. The SMILES string of the molecule is C#CCOc1c(I)cc(/C=c2\sc3n(c2=O)[C@H](c2ccc4c(c2)OCO4)C(C(=O)OCC)=C(c2ccccc2)N=3)cc1OC.